The Balaban J connectivity index is 3.71. The third-order valence-corrected chi connectivity index (χ3v) is 2.76. The second-order valence-electron chi connectivity index (χ2n) is 3.59. The van der Waals surface area contributed by atoms with Gasteiger partial charge in [0.15, 0.2) is 6.16 Å². The highest BCUT2D eigenvalue weighted by Gasteiger charge is 2.14. The summed E-state index contributed by atoms with van der Waals surface area (Å²) in [5.41, 5.74) is 0. The quantitative estimate of drug-likeness (QED) is 0.386. The summed E-state index contributed by atoms with van der Waals surface area (Å²) in [4.78, 5) is 25.1. The standard InChI is InChI=1S/C10H20NO4P/c1-3-4-5-8-15-11(10(2)12)7-6-9-16(13)14/h3-9H2,1-2H3/p+1. The number of rotatable bonds is 9. The number of carbonyl (C=O) groups excluding carboxylic acids is 1. The molecule has 0 bridgehead atoms. The average molecular weight is 250 g/mol. The van der Waals surface area contributed by atoms with E-state index in [1.807, 2.05) is 0 Å². The van der Waals surface area contributed by atoms with E-state index in [-0.39, 0.29) is 12.1 Å². The summed E-state index contributed by atoms with van der Waals surface area (Å²) in [7, 11) is -2.11. The largest absolute Gasteiger partial charge is 0.505 e. The second-order valence-corrected chi connectivity index (χ2v) is 4.74. The topological polar surface area (TPSA) is 66.8 Å². The van der Waals surface area contributed by atoms with Gasteiger partial charge in [-0.2, -0.15) is 4.89 Å². The maximum Gasteiger partial charge on any atom is 0.505 e. The molecule has 0 spiro atoms. The molecule has 0 heterocycles. The molecule has 6 heteroatoms. The fourth-order valence-corrected chi connectivity index (χ4v) is 1.60. The predicted octanol–water partition coefficient (Wildman–Crippen LogP) is 2.08. The van der Waals surface area contributed by atoms with Gasteiger partial charge in [-0.15, -0.1) is 0 Å². The van der Waals surface area contributed by atoms with E-state index in [9.17, 15) is 9.36 Å². The van der Waals surface area contributed by atoms with E-state index in [4.69, 9.17) is 9.73 Å². The highest BCUT2D eigenvalue weighted by atomic mass is 31.1. The van der Waals surface area contributed by atoms with Crippen molar-refractivity contribution in [3.63, 3.8) is 0 Å². The van der Waals surface area contributed by atoms with E-state index >= 15 is 0 Å². The van der Waals surface area contributed by atoms with Crippen molar-refractivity contribution in [2.24, 2.45) is 0 Å². The molecule has 0 aliphatic rings. The first-order chi connectivity index (χ1) is 7.57. The fourth-order valence-electron chi connectivity index (χ4n) is 1.19. The summed E-state index contributed by atoms with van der Waals surface area (Å²) in [5.74, 6) is -0.162. The smallest absolute Gasteiger partial charge is 0.273 e. The number of nitrogens with zero attached hydrogens (tertiary/aromatic N) is 1. The number of carbonyl (C=O) groups is 1. The van der Waals surface area contributed by atoms with Gasteiger partial charge in [-0.05, 0) is 11.0 Å². The molecule has 1 atom stereocenters. The monoisotopic (exact) mass is 250 g/mol. The second kappa shape index (κ2) is 9.70. The molecule has 0 saturated carbocycles. The summed E-state index contributed by atoms with van der Waals surface area (Å²) >= 11 is 0. The van der Waals surface area contributed by atoms with Crippen LogP contribution in [0.25, 0.3) is 0 Å². The van der Waals surface area contributed by atoms with E-state index in [1.54, 1.807) is 0 Å². The number of unbranched alkanes of at least 4 members (excludes halogenated alkanes) is 2. The van der Waals surface area contributed by atoms with Gasteiger partial charge in [-0.3, -0.25) is 9.63 Å². The van der Waals surface area contributed by atoms with Gasteiger partial charge in [-0.1, -0.05) is 19.8 Å². The first-order valence-electron chi connectivity index (χ1n) is 5.62. The Morgan fingerprint density at radius 3 is 2.56 bits per heavy atom. The lowest BCUT2D eigenvalue weighted by atomic mass is 10.3. The van der Waals surface area contributed by atoms with E-state index in [0.717, 1.165) is 19.3 Å². The maximum absolute atomic E-state index is 11.1. The predicted molar refractivity (Wildman–Crippen MR) is 62.2 cm³/mol. The molecule has 1 unspecified atom stereocenters. The van der Waals surface area contributed by atoms with Gasteiger partial charge < -0.3 is 0 Å². The Morgan fingerprint density at radius 2 is 2.06 bits per heavy atom. The Morgan fingerprint density at radius 1 is 1.38 bits per heavy atom. The summed E-state index contributed by atoms with van der Waals surface area (Å²) in [6.45, 7) is 4.43. The molecule has 94 valence electrons. The molecular formula is C10H21NO4P+. The van der Waals surface area contributed by atoms with Gasteiger partial charge in [0.1, 0.15) is 0 Å². The van der Waals surface area contributed by atoms with Crippen LogP contribution in [0.1, 0.15) is 39.5 Å². The van der Waals surface area contributed by atoms with Crippen molar-refractivity contribution in [2.45, 2.75) is 39.5 Å². The van der Waals surface area contributed by atoms with Crippen molar-refractivity contribution in [1.29, 1.82) is 0 Å². The van der Waals surface area contributed by atoms with Crippen LogP contribution in [-0.2, 0) is 14.2 Å². The zero-order valence-electron chi connectivity index (χ0n) is 10.0. The van der Waals surface area contributed by atoms with Gasteiger partial charge in [0, 0.05) is 13.3 Å². The van der Waals surface area contributed by atoms with Gasteiger partial charge >= 0.3 is 8.03 Å². The number of hydrogen-bond donors (Lipinski definition) is 1. The van der Waals surface area contributed by atoms with Crippen LogP contribution in [0.5, 0.6) is 0 Å². The number of hydrogen-bond acceptors (Lipinski definition) is 3. The molecule has 16 heavy (non-hydrogen) atoms. The molecule has 0 aromatic carbocycles. The molecule has 0 rings (SSSR count). The minimum Gasteiger partial charge on any atom is -0.273 e. The average Bonchev–Trinajstić information content (AvgIpc) is 2.20. The molecule has 0 radical (unpaired) electrons. The molecule has 1 amide bonds. The molecule has 0 saturated heterocycles. The van der Waals surface area contributed by atoms with Crippen LogP contribution in [0.15, 0.2) is 0 Å². The van der Waals surface area contributed by atoms with Crippen molar-refractivity contribution in [3.8, 4) is 0 Å². The molecule has 1 N–H and O–H groups in total. The first kappa shape index (κ1) is 15.5. The van der Waals surface area contributed by atoms with Crippen LogP contribution >= 0.6 is 8.03 Å². The lowest BCUT2D eigenvalue weighted by molar-refractivity contribution is -0.184. The third kappa shape index (κ3) is 8.77. The summed E-state index contributed by atoms with van der Waals surface area (Å²) in [5, 5.41) is 1.27. The maximum atomic E-state index is 11.1. The Kier molecular flexibility index (Phi) is 9.39. The molecule has 0 aliphatic carbocycles. The van der Waals surface area contributed by atoms with E-state index in [2.05, 4.69) is 6.92 Å². The fraction of sp³-hybridized carbons (Fsp3) is 0.900. The van der Waals surface area contributed by atoms with Crippen molar-refractivity contribution >= 4 is 13.9 Å². The highest BCUT2D eigenvalue weighted by molar-refractivity contribution is 7.37. The molecule has 5 nitrogen and oxygen atoms in total. The van der Waals surface area contributed by atoms with Gasteiger partial charge in [0.25, 0.3) is 0 Å². The molecule has 0 fully saturated rings. The van der Waals surface area contributed by atoms with Gasteiger partial charge in [-0.25, -0.2) is 5.06 Å². The van der Waals surface area contributed by atoms with E-state index in [1.165, 1.54) is 12.0 Å². The minimum atomic E-state index is -2.11. The van der Waals surface area contributed by atoms with E-state index < -0.39 is 8.03 Å². The van der Waals surface area contributed by atoms with Crippen LogP contribution in [0, 0.1) is 0 Å². The summed E-state index contributed by atoms with van der Waals surface area (Å²) in [6, 6.07) is 0. The Bertz CT molecular complexity index is 223. The minimum absolute atomic E-state index is 0.162. The summed E-state index contributed by atoms with van der Waals surface area (Å²) < 4.78 is 10.5. The Labute approximate surface area is 97.6 Å². The SMILES string of the molecule is CCCCCON(CCC[P+](=O)O)C(C)=O. The van der Waals surface area contributed by atoms with Crippen LogP contribution in [0.2, 0.25) is 0 Å². The van der Waals surface area contributed by atoms with Crippen LogP contribution in [0.4, 0.5) is 0 Å². The lowest BCUT2D eigenvalue weighted by Crippen LogP contribution is -2.30. The van der Waals surface area contributed by atoms with Crippen molar-refractivity contribution in [1.82, 2.24) is 5.06 Å². The summed E-state index contributed by atoms with van der Waals surface area (Å²) in [6.07, 6.45) is 3.80. The number of hydroxylamine groups is 2. The molecule has 0 aliphatic heterocycles. The van der Waals surface area contributed by atoms with Gasteiger partial charge in [0.05, 0.1) is 13.2 Å². The molecular weight excluding hydrogens is 229 g/mol. The van der Waals surface area contributed by atoms with Crippen molar-refractivity contribution in [3.05, 3.63) is 0 Å². The Hall–Kier alpha value is -0.510. The van der Waals surface area contributed by atoms with Crippen LogP contribution in [0.3, 0.4) is 0 Å². The van der Waals surface area contributed by atoms with Crippen LogP contribution in [-0.4, -0.2) is 35.2 Å². The zero-order chi connectivity index (χ0) is 12.4. The third-order valence-electron chi connectivity index (χ3n) is 2.06. The lowest BCUT2D eigenvalue weighted by Gasteiger charge is -2.19. The normalized spacial score (nSPS) is 11.3. The molecule has 0 aromatic rings. The van der Waals surface area contributed by atoms with E-state index in [0.29, 0.717) is 19.6 Å². The number of amides is 1. The van der Waals surface area contributed by atoms with Crippen molar-refractivity contribution in [2.75, 3.05) is 19.3 Å². The van der Waals surface area contributed by atoms with Crippen molar-refractivity contribution < 1.29 is 19.1 Å². The van der Waals surface area contributed by atoms with Gasteiger partial charge in [0.2, 0.25) is 5.91 Å². The first-order valence-corrected chi connectivity index (χ1v) is 7.02. The van der Waals surface area contributed by atoms with Crippen LogP contribution < -0.4 is 0 Å². The zero-order valence-corrected chi connectivity index (χ0v) is 10.9. The molecule has 0 aromatic heterocycles. The highest BCUT2D eigenvalue weighted by Crippen LogP contribution is 2.14.